The molecule has 0 heterocycles. The van der Waals surface area contributed by atoms with Crippen molar-refractivity contribution < 1.29 is 43.6 Å². The Morgan fingerprint density at radius 1 is 1.18 bits per heavy atom. The first-order chi connectivity index (χ1) is 18.5. The average Bonchev–Trinajstić information content (AvgIpc) is 3.12. The maximum Gasteiger partial charge on any atom is 0.508 e. The predicted molar refractivity (Wildman–Crippen MR) is 137 cm³/mol. The summed E-state index contributed by atoms with van der Waals surface area (Å²) in [5.74, 6) is -0.461. The van der Waals surface area contributed by atoms with Gasteiger partial charge in [0, 0.05) is 16.7 Å². The number of unbranched alkanes of at least 4 members (excludes halogenated alkanes) is 1. The van der Waals surface area contributed by atoms with Crippen molar-refractivity contribution in [3.8, 4) is 0 Å². The van der Waals surface area contributed by atoms with E-state index in [4.69, 9.17) is 14.2 Å². The number of ether oxygens (including phenoxy) is 3. The van der Waals surface area contributed by atoms with Crippen molar-refractivity contribution in [2.24, 2.45) is 28.6 Å². The second-order valence-electron chi connectivity index (χ2n) is 11.7. The lowest BCUT2D eigenvalue weighted by molar-refractivity contribution is -0.757. The van der Waals surface area contributed by atoms with Crippen LogP contribution in [0.15, 0.2) is 23.8 Å². The first kappa shape index (κ1) is 29.0. The van der Waals surface area contributed by atoms with E-state index in [1.165, 1.54) is 0 Å². The fraction of sp³-hybridized carbons (Fsp3) is 0.750. The van der Waals surface area contributed by atoms with Crippen LogP contribution in [0.5, 0.6) is 0 Å². The van der Waals surface area contributed by atoms with Gasteiger partial charge in [0.15, 0.2) is 5.78 Å². The normalized spacial score (nSPS) is 36.6. The molecule has 7 unspecified atom stereocenters. The van der Waals surface area contributed by atoms with Gasteiger partial charge in [-0.3, -0.25) is 9.59 Å². The molecular weight excluding hydrogens is 510 g/mol. The van der Waals surface area contributed by atoms with Gasteiger partial charge in [-0.25, -0.2) is 4.79 Å². The second-order valence-corrected chi connectivity index (χ2v) is 11.7. The summed E-state index contributed by atoms with van der Waals surface area (Å²) in [6.07, 6.45) is 7.25. The number of carbonyl (C=O) groups is 3. The van der Waals surface area contributed by atoms with E-state index in [-0.39, 0.29) is 49.8 Å². The van der Waals surface area contributed by atoms with Crippen LogP contribution in [-0.4, -0.2) is 59.6 Å². The molecule has 0 amide bonds. The van der Waals surface area contributed by atoms with E-state index < -0.39 is 39.7 Å². The topological polar surface area (TPSA) is 152 Å². The highest BCUT2D eigenvalue weighted by Gasteiger charge is 2.68. The lowest BCUT2D eigenvalue weighted by Crippen LogP contribution is -2.60. The summed E-state index contributed by atoms with van der Waals surface area (Å²) in [4.78, 5) is 52.3. The summed E-state index contributed by atoms with van der Waals surface area (Å²) in [7, 11) is 0. The third-order valence-corrected chi connectivity index (χ3v) is 9.76. The third kappa shape index (κ3) is 5.42. The molecule has 1 N–H and O–H groups in total. The van der Waals surface area contributed by atoms with Crippen LogP contribution in [-0.2, 0) is 28.6 Å². The summed E-state index contributed by atoms with van der Waals surface area (Å²) in [6, 6.07) is 0. The number of allylic oxidation sites excluding steroid dienone is 4. The zero-order chi connectivity index (χ0) is 28.4. The maximum atomic E-state index is 13.0. The van der Waals surface area contributed by atoms with Crippen molar-refractivity contribution in [1.82, 2.24) is 0 Å². The molecule has 0 aromatic heterocycles. The van der Waals surface area contributed by atoms with E-state index in [9.17, 15) is 29.6 Å². The van der Waals surface area contributed by atoms with Gasteiger partial charge in [0.1, 0.15) is 5.60 Å². The lowest BCUT2D eigenvalue weighted by Gasteiger charge is -2.60. The number of nitrogens with zero attached hydrogens (tertiary/aromatic N) is 1. The monoisotopic (exact) mass is 549 g/mol. The Morgan fingerprint density at radius 2 is 1.92 bits per heavy atom. The number of rotatable bonds is 10. The van der Waals surface area contributed by atoms with E-state index >= 15 is 0 Å². The quantitative estimate of drug-likeness (QED) is 0.182. The number of fused-ring (bicyclic) bond motifs is 5. The Balaban J connectivity index is 1.54. The summed E-state index contributed by atoms with van der Waals surface area (Å²) in [6.45, 7) is 5.86. The van der Waals surface area contributed by atoms with E-state index in [1.807, 2.05) is 13.0 Å². The highest BCUT2D eigenvalue weighted by Crippen LogP contribution is 2.68. The van der Waals surface area contributed by atoms with E-state index in [2.05, 4.69) is 11.8 Å². The SMILES string of the molecule is CCOC(=O)OC1(CC(=O)OCCCCO[N+](=O)[O-])CCC2C3CCC4=CC(=O)C=CC4(C)C3C(O)CC21C. The summed E-state index contributed by atoms with van der Waals surface area (Å²) < 4.78 is 16.5. The molecule has 0 aromatic rings. The van der Waals surface area contributed by atoms with Crippen molar-refractivity contribution in [1.29, 1.82) is 0 Å². The predicted octanol–water partition coefficient (Wildman–Crippen LogP) is 4.10. The molecular formula is C28H39NO10. The average molecular weight is 550 g/mol. The molecule has 7 atom stereocenters. The molecule has 4 aliphatic rings. The van der Waals surface area contributed by atoms with Gasteiger partial charge in [-0.05, 0) is 75.9 Å². The van der Waals surface area contributed by atoms with Gasteiger partial charge in [0.05, 0.1) is 32.3 Å². The fourth-order valence-corrected chi connectivity index (χ4v) is 8.02. The Kier molecular flexibility index (Phi) is 8.39. The number of carbonyl (C=O) groups excluding carboxylic acids is 3. The van der Waals surface area contributed by atoms with Crippen LogP contribution in [0.3, 0.4) is 0 Å². The van der Waals surface area contributed by atoms with Crippen LogP contribution in [0.2, 0.25) is 0 Å². The highest BCUT2D eigenvalue weighted by atomic mass is 16.9. The first-order valence-corrected chi connectivity index (χ1v) is 13.9. The van der Waals surface area contributed by atoms with Crippen molar-refractivity contribution in [3.63, 3.8) is 0 Å². The third-order valence-electron chi connectivity index (χ3n) is 9.76. The van der Waals surface area contributed by atoms with Crippen molar-refractivity contribution in [3.05, 3.63) is 33.9 Å². The molecule has 0 aliphatic heterocycles. The van der Waals surface area contributed by atoms with Crippen molar-refractivity contribution in [2.75, 3.05) is 19.8 Å². The summed E-state index contributed by atoms with van der Waals surface area (Å²) >= 11 is 0. The van der Waals surface area contributed by atoms with Gasteiger partial charge in [0.2, 0.25) is 0 Å². The fourth-order valence-electron chi connectivity index (χ4n) is 8.02. The number of hydrogen-bond acceptors (Lipinski definition) is 10. The molecule has 0 radical (unpaired) electrons. The summed E-state index contributed by atoms with van der Waals surface area (Å²) in [5, 5.41) is 21.1. The van der Waals surface area contributed by atoms with Crippen molar-refractivity contribution >= 4 is 17.9 Å². The first-order valence-electron chi connectivity index (χ1n) is 13.9. The van der Waals surface area contributed by atoms with Gasteiger partial charge in [-0.1, -0.05) is 25.5 Å². The zero-order valence-electron chi connectivity index (χ0n) is 22.9. The molecule has 4 aliphatic carbocycles. The molecule has 3 saturated carbocycles. The highest BCUT2D eigenvalue weighted by molar-refractivity contribution is 6.01. The zero-order valence-corrected chi connectivity index (χ0v) is 22.9. The molecule has 39 heavy (non-hydrogen) atoms. The van der Waals surface area contributed by atoms with Gasteiger partial charge in [-0.2, -0.15) is 0 Å². The molecule has 0 saturated heterocycles. The Bertz CT molecular complexity index is 1050. The van der Waals surface area contributed by atoms with Crippen LogP contribution < -0.4 is 0 Å². The van der Waals surface area contributed by atoms with E-state index in [1.54, 1.807) is 19.1 Å². The van der Waals surface area contributed by atoms with Crippen LogP contribution in [0.1, 0.15) is 72.1 Å². The minimum absolute atomic E-state index is 0.0254. The number of aliphatic hydroxyl groups is 1. The van der Waals surface area contributed by atoms with Gasteiger partial charge in [-0.15, -0.1) is 10.1 Å². The molecule has 0 aromatic carbocycles. The molecule has 4 rings (SSSR count). The van der Waals surface area contributed by atoms with E-state index in [0.717, 1.165) is 18.4 Å². The molecule has 11 nitrogen and oxygen atoms in total. The molecule has 0 spiro atoms. The van der Waals surface area contributed by atoms with Crippen LogP contribution in [0.25, 0.3) is 0 Å². The molecule has 11 heteroatoms. The molecule has 0 bridgehead atoms. The minimum atomic E-state index is -1.21. The van der Waals surface area contributed by atoms with Crippen LogP contribution >= 0.6 is 0 Å². The number of ketones is 1. The Labute approximate surface area is 228 Å². The Hall–Kier alpha value is -2.95. The van der Waals surface area contributed by atoms with Gasteiger partial charge < -0.3 is 24.2 Å². The van der Waals surface area contributed by atoms with Gasteiger partial charge in [0.25, 0.3) is 5.09 Å². The van der Waals surface area contributed by atoms with Crippen LogP contribution in [0.4, 0.5) is 4.79 Å². The number of esters is 1. The van der Waals surface area contributed by atoms with Crippen molar-refractivity contribution in [2.45, 2.75) is 83.8 Å². The minimum Gasteiger partial charge on any atom is -0.466 e. The smallest absolute Gasteiger partial charge is 0.466 e. The number of hydrogen-bond donors (Lipinski definition) is 1. The standard InChI is InChI=1S/C28H39NO10/c1-4-36-25(33)39-28(17-23(32)37-13-5-6-14-38-29(34)35)12-10-21-20-8-7-18-15-19(30)9-11-26(18,2)24(20)22(31)16-27(21,28)3/h9,11,15,20-22,24,31H,4-8,10,12-14,16-17H2,1-3H3. The summed E-state index contributed by atoms with van der Waals surface area (Å²) in [5.41, 5.74) is -1.29. The number of aliphatic hydroxyl groups excluding tert-OH is 1. The Morgan fingerprint density at radius 3 is 2.64 bits per heavy atom. The van der Waals surface area contributed by atoms with E-state index in [0.29, 0.717) is 32.1 Å². The maximum absolute atomic E-state index is 13.0. The molecule has 3 fully saturated rings. The second kappa shape index (κ2) is 11.3. The molecule has 216 valence electrons. The van der Waals surface area contributed by atoms with Crippen LogP contribution in [0, 0.1) is 38.7 Å². The largest absolute Gasteiger partial charge is 0.508 e. The lowest BCUT2D eigenvalue weighted by atomic mass is 9.46. The van der Waals surface area contributed by atoms with Gasteiger partial charge >= 0.3 is 12.1 Å².